The second kappa shape index (κ2) is 7.89. The maximum Gasteiger partial charge on any atom is 0.340 e. The number of rotatable bonds is 5. The standard InChI is InChI=1S/C19H17ClN2O4/c1-4-26-19(25)16-10(2)17(22-11(16)3)18(24)13(9-21)7-12-5-6-15(23)14(20)8-12/h5-8,22-23H,4H2,1-3H3/b13-7-. The number of hydrogen-bond acceptors (Lipinski definition) is 5. The average Bonchev–Trinajstić information content (AvgIpc) is 2.90. The molecule has 0 radical (unpaired) electrons. The smallest absolute Gasteiger partial charge is 0.340 e. The summed E-state index contributed by atoms with van der Waals surface area (Å²) in [6.45, 7) is 5.19. The first-order valence-corrected chi connectivity index (χ1v) is 8.19. The first-order valence-electron chi connectivity index (χ1n) is 7.81. The van der Waals surface area contributed by atoms with Crippen molar-refractivity contribution in [2.75, 3.05) is 6.61 Å². The molecule has 0 unspecified atom stereocenters. The Labute approximate surface area is 155 Å². The molecule has 0 fully saturated rings. The molecule has 0 bridgehead atoms. The zero-order valence-electron chi connectivity index (χ0n) is 14.5. The number of Topliss-reactive ketones (excluding diaryl/α,β-unsaturated/α-hetero) is 1. The van der Waals surface area contributed by atoms with Crippen molar-refractivity contribution in [3.05, 3.63) is 56.9 Å². The van der Waals surface area contributed by atoms with Crippen LogP contribution < -0.4 is 0 Å². The van der Waals surface area contributed by atoms with E-state index in [2.05, 4.69) is 4.98 Å². The number of benzene rings is 1. The highest BCUT2D eigenvalue weighted by atomic mass is 35.5. The van der Waals surface area contributed by atoms with Gasteiger partial charge in [0.1, 0.15) is 17.4 Å². The van der Waals surface area contributed by atoms with E-state index >= 15 is 0 Å². The summed E-state index contributed by atoms with van der Waals surface area (Å²) in [4.78, 5) is 27.7. The van der Waals surface area contributed by atoms with Crippen molar-refractivity contribution in [3.63, 3.8) is 0 Å². The van der Waals surface area contributed by atoms with Gasteiger partial charge in [0.2, 0.25) is 5.78 Å². The lowest BCUT2D eigenvalue weighted by Crippen LogP contribution is -2.08. The molecule has 0 atom stereocenters. The average molecular weight is 373 g/mol. The minimum atomic E-state index is -0.548. The van der Waals surface area contributed by atoms with Gasteiger partial charge in [-0.15, -0.1) is 0 Å². The number of halogens is 1. The van der Waals surface area contributed by atoms with E-state index in [4.69, 9.17) is 16.3 Å². The number of H-pyrrole nitrogens is 1. The number of allylic oxidation sites excluding steroid dienone is 1. The van der Waals surface area contributed by atoms with Gasteiger partial charge in [-0.2, -0.15) is 5.26 Å². The first kappa shape index (κ1) is 19.3. The van der Waals surface area contributed by atoms with Crippen LogP contribution in [0.15, 0.2) is 23.8 Å². The maximum atomic E-state index is 12.7. The molecule has 0 aliphatic carbocycles. The third-order valence-electron chi connectivity index (χ3n) is 3.79. The van der Waals surface area contributed by atoms with Crippen LogP contribution in [0.4, 0.5) is 0 Å². The minimum absolute atomic E-state index is 0.0939. The number of aromatic hydroxyl groups is 1. The number of carbonyl (C=O) groups is 2. The molecule has 134 valence electrons. The van der Waals surface area contributed by atoms with Gasteiger partial charge in [0.15, 0.2) is 0 Å². The van der Waals surface area contributed by atoms with E-state index in [9.17, 15) is 20.0 Å². The number of nitrogens with one attached hydrogen (secondary N) is 1. The van der Waals surface area contributed by atoms with E-state index in [1.165, 1.54) is 24.3 Å². The van der Waals surface area contributed by atoms with Gasteiger partial charge in [-0.25, -0.2) is 4.79 Å². The molecule has 0 saturated heterocycles. The summed E-state index contributed by atoms with van der Waals surface area (Å²) in [5.41, 5.74) is 1.73. The maximum absolute atomic E-state index is 12.7. The van der Waals surface area contributed by atoms with E-state index in [0.717, 1.165) is 0 Å². The molecular formula is C19H17ClN2O4. The molecule has 7 heteroatoms. The predicted molar refractivity (Wildman–Crippen MR) is 97.3 cm³/mol. The number of nitrogens with zero attached hydrogens (tertiary/aromatic N) is 1. The molecule has 1 heterocycles. The Morgan fingerprint density at radius 2 is 2.08 bits per heavy atom. The zero-order chi connectivity index (χ0) is 19.4. The van der Waals surface area contributed by atoms with E-state index < -0.39 is 11.8 Å². The topological polar surface area (TPSA) is 103 Å². The number of aryl methyl sites for hydroxylation is 1. The molecule has 2 N–H and O–H groups in total. The minimum Gasteiger partial charge on any atom is -0.506 e. The van der Waals surface area contributed by atoms with Crippen LogP contribution in [0, 0.1) is 25.2 Å². The monoisotopic (exact) mass is 372 g/mol. The third kappa shape index (κ3) is 3.79. The van der Waals surface area contributed by atoms with Gasteiger partial charge >= 0.3 is 5.97 Å². The van der Waals surface area contributed by atoms with Crippen molar-refractivity contribution >= 4 is 29.4 Å². The lowest BCUT2D eigenvalue weighted by Gasteiger charge is -2.03. The summed E-state index contributed by atoms with van der Waals surface area (Å²) in [6.07, 6.45) is 1.37. The fourth-order valence-corrected chi connectivity index (χ4v) is 2.74. The fraction of sp³-hybridized carbons (Fsp3) is 0.211. The molecule has 0 spiro atoms. The van der Waals surface area contributed by atoms with E-state index in [1.807, 2.05) is 6.07 Å². The van der Waals surface area contributed by atoms with Crippen LogP contribution in [0.25, 0.3) is 6.08 Å². The largest absolute Gasteiger partial charge is 0.506 e. The molecule has 26 heavy (non-hydrogen) atoms. The Balaban J connectivity index is 2.45. The number of aromatic nitrogens is 1. The summed E-state index contributed by atoms with van der Waals surface area (Å²) in [7, 11) is 0. The fourth-order valence-electron chi connectivity index (χ4n) is 2.55. The summed E-state index contributed by atoms with van der Waals surface area (Å²) in [6, 6.07) is 6.21. The van der Waals surface area contributed by atoms with Gasteiger partial charge in [0, 0.05) is 5.69 Å². The Bertz CT molecular complexity index is 951. The van der Waals surface area contributed by atoms with Gasteiger partial charge in [-0.3, -0.25) is 4.79 Å². The normalized spacial score (nSPS) is 11.1. The quantitative estimate of drug-likeness (QED) is 0.358. The van der Waals surface area contributed by atoms with Crippen molar-refractivity contribution in [2.45, 2.75) is 20.8 Å². The lowest BCUT2D eigenvalue weighted by molar-refractivity contribution is 0.0525. The Morgan fingerprint density at radius 1 is 1.38 bits per heavy atom. The molecule has 0 aliphatic rings. The number of ether oxygens (including phenoxy) is 1. The highest BCUT2D eigenvalue weighted by molar-refractivity contribution is 6.32. The van der Waals surface area contributed by atoms with Crippen molar-refractivity contribution in [1.82, 2.24) is 4.98 Å². The molecule has 0 aliphatic heterocycles. The Morgan fingerprint density at radius 3 is 2.65 bits per heavy atom. The van der Waals surface area contributed by atoms with Crippen LogP contribution in [0.2, 0.25) is 5.02 Å². The highest BCUT2D eigenvalue weighted by Crippen LogP contribution is 2.26. The summed E-state index contributed by atoms with van der Waals surface area (Å²) < 4.78 is 5.00. The van der Waals surface area contributed by atoms with E-state index in [1.54, 1.807) is 20.8 Å². The number of carbonyl (C=O) groups excluding carboxylic acids is 2. The molecule has 0 saturated carbocycles. The van der Waals surface area contributed by atoms with Crippen LogP contribution in [0.5, 0.6) is 5.75 Å². The molecule has 0 amide bonds. The summed E-state index contributed by atoms with van der Waals surface area (Å²) in [5, 5.41) is 18.9. The van der Waals surface area contributed by atoms with Crippen molar-refractivity contribution in [3.8, 4) is 11.8 Å². The highest BCUT2D eigenvalue weighted by Gasteiger charge is 2.24. The molecule has 2 aromatic rings. The van der Waals surface area contributed by atoms with E-state index in [0.29, 0.717) is 22.4 Å². The SMILES string of the molecule is CCOC(=O)c1c(C)[nH]c(C(=O)/C(C#N)=C\c2ccc(O)c(Cl)c2)c1C. The van der Waals surface area contributed by atoms with Crippen LogP contribution in [-0.4, -0.2) is 28.4 Å². The number of ketones is 1. The van der Waals surface area contributed by atoms with Crippen LogP contribution in [-0.2, 0) is 4.74 Å². The van der Waals surface area contributed by atoms with E-state index in [-0.39, 0.29) is 28.6 Å². The number of hydrogen-bond donors (Lipinski definition) is 2. The third-order valence-corrected chi connectivity index (χ3v) is 4.09. The van der Waals surface area contributed by atoms with Gasteiger partial charge in [-0.1, -0.05) is 17.7 Å². The lowest BCUT2D eigenvalue weighted by atomic mass is 10.0. The van der Waals surface area contributed by atoms with Gasteiger partial charge in [-0.05, 0) is 50.1 Å². The van der Waals surface area contributed by atoms with Crippen LogP contribution in [0.1, 0.15) is 44.6 Å². The number of phenolic OH excluding ortho intramolecular Hbond substituents is 1. The second-order valence-corrected chi connectivity index (χ2v) is 5.96. The number of esters is 1. The molecule has 1 aromatic heterocycles. The van der Waals surface area contributed by atoms with Gasteiger partial charge in [0.05, 0.1) is 22.9 Å². The van der Waals surface area contributed by atoms with Crippen molar-refractivity contribution in [2.24, 2.45) is 0 Å². The predicted octanol–water partition coefficient (Wildman–Crippen LogP) is 3.96. The first-order chi connectivity index (χ1) is 12.3. The zero-order valence-corrected chi connectivity index (χ0v) is 15.3. The Kier molecular flexibility index (Phi) is 5.86. The van der Waals surface area contributed by atoms with Crippen LogP contribution in [0.3, 0.4) is 0 Å². The van der Waals surface area contributed by atoms with Crippen LogP contribution >= 0.6 is 11.6 Å². The molecule has 1 aromatic carbocycles. The summed E-state index contributed by atoms with van der Waals surface area (Å²) in [5.74, 6) is -1.16. The number of phenols is 1. The summed E-state index contributed by atoms with van der Waals surface area (Å²) >= 11 is 5.85. The Hall–Kier alpha value is -3.04. The van der Waals surface area contributed by atoms with Crippen molar-refractivity contribution < 1.29 is 19.4 Å². The van der Waals surface area contributed by atoms with Crippen molar-refractivity contribution in [1.29, 1.82) is 5.26 Å². The van der Waals surface area contributed by atoms with Gasteiger partial charge in [0.25, 0.3) is 0 Å². The van der Waals surface area contributed by atoms with Gasteiger partial charge < -0.3 is 14.8 Å². The molecule has 6 nitrogen and oxygen atoms in total. The second-order valence-electron chi connectivity index (χ2n) is 5.56. The molecular weight excluding hydrogens is 356 g/mol. The number of aromatic amines is 1. The molecule has 2 rings (SSSR count). The number of nitriles is 1.